The molecule has 0 aliphatic carbocycles. The first-order valence-corrected chi connectivity index (χ1v) is 7.59. The molecule has 22 heavy (non-hydrogen) atoms. The summed E-state index contributed by atoms with van der Waals surface area (Å²) in [6, 6.07) is 18.3. The van der Waals surface area contributed by atoms with Crippen LogP contribution >= 0.6 is 0 Å². The zero-order chi connectivity index (χ0) is 16.2. The van der Waals surface area contributed by atoms with Crippen molar-refractivity contribution in [2.45, 2.75) is 38.8 Å². The summed E-state index contributed by atoms with van der Waals surface area (Å²) in [5, 5.41) is 3.40. The zero-order valence-electron chi connectivity index (χ0n) is 13.5. The van der Waals surface area contributed by atoms with E-state index in [0.29, 0.717) is 6.42 Å². The third-order valence-electron chi connectivity index (χ3n) is 4.06. The second-order valence-electron chi connectivity index (χ2n) is 6.14. The number of rotatable bonds is 6. The van der Waals surface area contributed by atoms with Crippen molar-refractivity contribution in [3.63, 3.8) is 0 Å². The highest BCUT2D eigenvalue weighted by atomic mass is 16.1. The van der Waals surface area contributed by atoms with E-state index in [1.54, 1.807) is 0 Å². The minimum atomic E-state index is -0.787. The Morgan fingerprint density at radius 2 is 1.73 bits per heavy atom. The molecule has 116 valence electrons. The van der Waals surface area contributed by atoms with Crippen LogP contribution in [0, 0.1) is 6.92 Å². The Morgan fingerprint density at radius 1 is 1.14 bits per heavy atom. The quantitative estimate of drug-likeness (QED) is 0.860. The van der Waals surface area contributed by atoms with Gasteiger partial charge in [0.15, 0.2) is 0 Å². The van der Waals surface area contributed by atoms with E-state index in [-0.39, 0.29) is 11.9 Å². The average molecular weight is 296 g/mol. The van der Waals surface area contributed by atoms with E-state index in [2.05, 4.69) is 17.4 Å². The number of amides is 1. The molecule has 3 nitrogen and oxygen atoms in total. The van der Waals surface area contributed by atoms with Gasteiger partial charge in [-0.25, -0.2) is 0 Å². The summed E-state index contributed by atoms with van der Waals surface area (Å²) in [5.74, 6) is -0.337. The molecule has 1 unspecified atom stereocenters. The van der Waals surface area contributed by atoms with Crippen LogP contribution in [0.4, 0.5) is 0 Å². The fraction of sp³-hybridized carbons (Fsp3) is 0.316. The molecule has 2 rings (SSSR count). The largest absolute Gasteiger partial charge is 0.368 e. The Morgan fingerprint density at radius 3 is 2.27 bits per heavy atom. The van der Waals surface area contributed by atoms with Gasteiger partial charge in [-0.05, 0) is 38.3 Å². The van der Waals surface area contributed by atoms with E-state index in [1.807, 2.05) is 63.2 Å². The van der Waals surface area contributed by atoms with Crippen molar-refractivity contribution in [3.8, 4) is 0 Å². The lowest BCUT2D eigenvalue weighted by Gasteiger charge is -2.31. The molecule has 2 atom stereocenters. The minimum absolute atomic E-state index is 0.0455. The topological polar surface area (TPSA) is 55.1 Å². The van der Waals surface area contributed by atoms with Gasteiger partial charge < -0.3 is 5.73 Å². The lowest BCUT2D eigenvalue weighted by atomic mass is 9.90. The zero-order valence-corrected chi connectivity index (χ0v) is 13.5. The van der Waals surface area contributed by atoms with Crippen molar-refractivity contribution >= 4 is 5.91 Å². The van der Waals surface area contributed by atoms with Crippen molar-refractivity contribution in [2.24, 2.45) is 5.73 Å². The highest BCUT2D eigenvalue weighted by Gasteiger charge is 2.32. The Bertz CT molecular complexity index is 622. The number of aryl methyl sites for hydroxylation is 1. The third-order valence-corrected chi connectivity index (χ3v) is 4.06. The summed E-state index contributed by atoms with van der Waals surface area (Å²) >= 11 is 0. The summed E-state index contributed by atoms with van der Waals surface area (Å²) in [7, 11) is 0. The highest BCUT2D eigenvalue weighted by molar-refractivity contribution is 5.84. The molecule has 2 aromatic carbocycles. The smallest absolute Gasteiger partial charge is 0.237 e. The molecule has 0 aromatic heterocycles. The second-order valence-corrected chi connectivity index (χ2v) is 6.14. The van der Waals surface area contributed by atoms with Crippen molar-refractivity contribution in [1.82, 2.24) is 5.32 Å². The Labute approximate surface area is 132 Å². The first-order valence-electron chi connectivity index (χ1n) is 7.59. The minimum Gasteiger partial charge on any atom is -0.368 e. The summed E-state index contributed by atoms with van der Waals surface area (Å²) in [5.41, 5.74) is 8.33. The van der Waals surface area contributed by atoms with Gasteiger partial charge in [0, 0.05) is 6.04 Å². The molecular formula is C19H24N2O. The van der Waals surface area contributed by atoms with Crippen molar-refractivity contribution in [1.29, 1.82) is 0 Å². The maximum Gasteiger partial charge on any atom is 0.237 e. The van der Waals surface area contributed by atoms with Crippen LogP contribution in [-0.4, -0.2) is 11.4 Å². The first-order chi connectivity index (χ1) is 10.4. The molecule has 3 heteroatoms. The van der Waals surface area contributed by atoms with Crippen LogP contribution in [0.15, 0.2) is 54.6 Å². The van der Waals surface area contributed by atoms with Gasteiger partial charge in [0.1, 0.15) is 0 Å². The number of hydrogen-bond donors (Lipinski definition) is 2. The van der Waals surface area contributed by atoms with Crippen LogP contribution in [0.25, 0.3) is 0 Å². The molecule has 0 bridgehead atoms. The lowest BCUT2D eigenvalue weighted by molar-refractivity contribution is -0.124. The predicted molar refractivity (Wildman–Crippen MR) is 90.5 cm³/mol. The lowest BCUT2D eigenvalue weighted by Crippen LogP contribution is -2.55. The van der Waals surface area contributed by atoms with E-state index in [1.165, 1.54) is 5.56 Å². The van der Waals surface area contributed by atoms with E-state index in [4.69, 9.17) is 5.73 Å². The monoisotopic (exact) mass is 296 g/mol. The molecule has 0 spiro atoms. The fourth-order valence-electron chi connectivity index (χ4n) is 2.63. The number of carbonyl (C=O) groups is 1. The van der Waals surface area contributed by atoms with Gasteiger partial charge in [-0.1, -0.05) is 60.2 Å². The Kier molecular flexibility index (Phi) is 4.99. The molecule has 2 aromatic rings. The van der Waals surface area contributed by atoms with E-state index >= 15 is 0 Å². The maximum atomic E-state index is 12.0. The maximum absolute atomic E-state index is 12.0. The molecule has 0 aliphatic rings. The molecule has 0 fully saturated rings. The van der Waals surface area contributed by atoms with Crippen molar-refractivity contribution < 1.29 is 4.79 Å². The van der Waals surface area contributed by atoms with Gasteiger partial charge in [0.25, 0.3) is 0 Å². The van der Waals surface area contributed by atoms with Gasteiger partial charge in [-0.15, -0.1) is 0 Å². The number of nitrogens with one attached hydrogen (secondary N) is 1. The van der Waals surface area contributed by atoms with Gasteiger partial charge in [0.2, 0.25) is 5.91 Å². The fourth-order valence-corrected chi connectivity index (χ4v) is 2.63. The van der Waals surface area contributed by atoms with Gasteiger partial charge >= 0.3 is 0 Å². The van der Waals surface area contributed by atoms with Crippen LogP contribution in [0.1, 0.15) is 36.6 Å². The van der Waals surface area contributed by atoms with Crippen LogP contribution in [-0.2, 0) is 11.2 Å². The average Bonchev–Trinajstić information content (AvgIpc) is 2.50. The van der Waals surface area contributed by atoms with Crippen molar-refractivity contribution in [3.05, 3.63) is 71.3 Å². The van der Waals surface area contributed by atoms with Crippen LogP contribution in [0.2, 0.25) is 0 Å². The highest BCUT2D eigenvalue weighted by Crippen LogP contribution is 2.20. The number of benzene rings is 2. The van der Waals surface area contributed by atoms with Gasteiger partial charge in [0.05, 0.1) is 5.54 Å². The van der Waals surface area contributed by atoms with Gasteiger partial charge in [-0.3, -0.25) is 10.1 Å². The Hall–Kier alpha value is -2.13. The number of primary amides is 1. The standard InChI is InChI=1S/C19H24N2O/c1-14-9-11-16(12-10-14)13-19(3,18(20)22)21-15(2)17-7-5-4-6-8-17/h4-12,15,21H,13H2,1-3H3,(H2,20,22)/t15?,19-/m0/s1. The number of hydrogen-bond acceptors (Lipinski definition) is 2. The molecule has 3 N–H and O–H groups in total. The number of nitrogens with two attached hydrogens (primary N) is 1. The second kappa shape index (κ2) is 6.75. The summed E-state index contributed by atoms with van der Waals surface area (Å²) in [6.07, 6.45) is 0.569. The van der Waals surface area contributed by atoms with Gasteiger partial charge in [-0.2, -0.15) is 0 Å². The summed E-state index contributed by atoms with van der Waals surface area (Å²) in [6.45, 7) is 5.97. The first kappa shape index (κ1) is 16.2. The third kappa shape index (κ3) is 3.95. The van der Waals surface area contributed by atoms with E-state index < -0.39 is 5.54 Å². The van der Waals surface area contributed by atoms with Crippen LogP contribution in [0.5, 0.6) is 0 Å². The molecule has 0 aliphatic heterocycles. The molecule has 0 radical (unpaired) electrons. The molecule has 0 saturated heterocycles. The molecule has 1 amide bonds. The number of carbonyl (C=O) groups excluding carboxylic acids is 1. The van der Waals surface area contributed by atoms with E-state index in [9.17, 15) is 4.79 Å². The van der Waals surface area contributed by atoms with E-state index in [0.717, 1.165) is 11.1 Å². The van der Waals surface area contributed by atoms with Crippen LogP contribution in [0.3, 0.4) is 0 Å². The Balaban J connectivity index is 2.17. The summed E-state index contributed by atoms with van der Waals surface area (Å²) < 4.78 is 0. The summed E-state index contributed by atoms with van der Waals surface area (Å²) in [4.78, 5) is 12.0. The predicted octanol–water partition coefficient (Wildman–Crippen LogP) is 3.13. The molecule has 0 heterocycles. The SMILES string of the molecule is Cc1ccc(C[C@](C)(NC(C)c2ccccc2)C(N)=O)cc1. The molecule has 0 saturated carbocycles. The molecular weight excluding hydrogens is 272 g/mol. The van der Waals surface area contributed by atoms with Crippen molar-refractivity contribution in [2.75, 3.05) is 0 Å². The normalized spacial score (nSPS) is 15.0. The van der Waals surface area contributed by atoms with Crippen LogP contribution < -0.4 is 11.1 Å².